The summed E-state index contributed by atoms with van der Waals surface area (Å²) in [5, 5.41) is 8.37. The summed E-state index contributed by atoms with van der Waals surface area (Å²) in [6.45, 7) is 0.947. The maximum Gasteiger partial charge on any atom is 0.238 e. The molecule has 0 saturated carbocycles. The third-order valence-electron chi connectivity index (χ3n) is 4.24. The Kier molecular flexibility index (Phi) is 6.79. The van der Waals surface area contributed by atoms with Gasteiger partial charge in [-0.1, -0.05) is 46.3 Å². The highest BCUT2D eigenvalue weighted by Crippen LogP contribution is 2.34. The second kappa shape index (κ2) is 9.30. The molecule has 6 nitrogen and oxygen atoms in total. The quantitative estimate of drug-likeness (QED) is 0.505. The number of nitrogens with one attached hydrogen (secondary N) is 1. The van der Waals surface area contributed by atoms with Crippen molar-refractivity contribution in [2.75, 3.05) is 12.4 Å². The van der Waals surface area contributed by atoms with Gasteiger partial charge in [0.05, 0.1) is 12.0 Å². The highest BCUT2D eigenvalue weighted by atomic mass is 79.9. The average Bonchev–Trinajstić information content (AvgIpc) is 2.72. The third kappa shape index (κ3) is 5.72. The van der Waals surface area contributed by atoms with Crippen molar-refractivity contribution < 1.29 is 17.9 Å². The summed E-state index contributed by atoms with van der Waals surface area (Å²) in [7, 11) is -2.10. The van der Waals surface area contributed by atoms with Gasteiger partial charge in [-0.25, -0.2) is 13.6 Å². The van der Waals surface area contributed by atoms with Crippen molar-refractivity contribution in [1.29, 1.82) is 0 Å². The number of primary sulfonamides is 1. The molecule has 3 aromatic carbocycles. The van der Waals surface area contributed by atoms with Gasteiger partial charge in [-0.05, 0) is 47.5 Å². The molecule has 152 valence electrons. The minimum atomic E-state index is -3.70. The van der Waals surface area contributed by atoms with Crippen LogP contribution in [0.1, 0.15) is 11.1 Å². The van der Waals surface area contributed by atoms with Crippen LogP contribution in [0.2, 0.25) is 0 Å². The van der Waals surface area contributed by atoms with E-state index in [9.17, 15) is 8.42 Å². The molecule has 0 amide bonds. The number of halogens is 1. The molecule has 0 aliphatic heterocycles. The zero-order valence-corrected chi connectivity index (χ0v) is 18.2. The molecular weight excluding hydrogens is 456 g/mol. The molecule has 3 aromatic rings. The van der Waals surface area contributed by atoms with Gasteiger partial charge >= 0.3 is 0 Å². The number of nitrogens with two attached hydrogens (primary N) is 1. The van der Waals surface area contributed by atoms with E-state index >= 15 is 0 Å². The maximum absolute atomic E-state index is 11.3. The number of methoxy groups -OCH3 is 1. The first-order chi connectivity index (χ1) is 13.9. The van der Waals surface area contributed by atoms with Crippen LogP contribution in [0.25, 0.3) is 0 Å². The Labute approximate surface area is 178 Å². The molecule has 0 saturated heterocycles. The van der Waals surface area contributed by atoms with E-state index in [2.05, 4.69) is 21.2 Å². The van der Waals surface area contributed by atoms with Crippen molar-refractivity contribution in [3.05, 3.63) is 82.3 Å². The average molecular weight is 477 g/mol. The van der Waals surface area contributed by atoms with Crippen LogP contribution < -0.4 is 19.9 Å². The predicted octanol–water partition coefficient (Wildman–Crippen LogP) is 4.30. The van der Waals surface area contributed by atoms with Crippen molar-refractivity contribution in [2.45, 2.75) is 18.0 Å². The maximum atomic E-state index is 11.3. The highest BCUT2D eigenvalue weighted by Gasteiger charge is 2.11. The number of ether oxygens (including phenoxy) is 2. The van der Waals surface area contributed by atoms with Gasteiger partial charge in [-0.3, -0.25) is 0 Å². The number of rotatable bonds is 8. The molecule has 0 spiro atoms. The first-order valence-corrected chi connectivity index (χ1v) is 11.1. The lowest BCUT2D eigenvalue weighted by Gasteiger charge is -2.15. The number of hydrogen-bond acceptors (Lipinski definition) is 5. The van der Waals surface area contributed by atoms with Crippen molar-refractivity contribution in [2.24, 2.45) is 5.14 Å². The molecule has 0 atom stereocenters. The van der Waals surface area contributed by atoms with Crippen molar-refractivity contribution in [1.82, 2.24) is 0 Å². The van der Waals surface area contributed by atoms with Gasteiger partial charge in [-0.2, -0.15) is 0 Å². The zero-order chi connectivity index (χ0) is 20.9. The third-order valence-corrected chi connectivity index (χ3v) is 5.90. The molecular formula is C21H21BrN2O4S. The predicted molar refractivity (Wildman–Crippen MR) is 117 cm³/mol. The van der Waals surface area contributed by atoms with Crippen molar-refractivity contribution in [3.63, 3.8) is 0 Å². The van der Waals surface area contributed by atoms with Gasteiger partial charge < -0.3 is 14.8 Å². The van der Waals surface area contributed by atoms with Gasteiger partial charge in [0.2, 0.25) is 10.0 Å². The molecule has 0 heterocycles. The Morgan fingerprint density at radius 2 is 1.69 bits per heavy atom. The van der Waals surface area contributed by atoms with E-state index in [1.54, 1.807) is 19.2 Å². The monoisotopic (exact) mass is 476 g/mol. The topological polar surface area (TPSA) is 90.6 Å². The first-order valence-electron chi connectivity index (χ1n) is 8.76. The van der Waals surface area contributed by atoms with Crippen LogP contribution in [0, 0.1) is 0 Å². The van der Waals surface area contributed by atoms with E-state index < -0.39 is 10.0 Å². The molecule has 0 unspecified atom stereocenters. The minimum Gasteiger partial charge on any atom is -0.493 e. The summed E-state index contributed by atoms with van der Waals surface area (Å²) in [6, 6.07) is 19.9. The Morgan fingerprint density at radius 1 is 1.00 bits per heavy atom. The van der Waals surface area contributed by atoms with E-state index in [1.165, 1.54) is 12.1 Å². The second-order valence-electron chi connectivity index (χ2n) is 6.29. The van der Waals surface area contributed by atoms with Crippen LogP contribution in [0.3, 0.4) is 0 Å². The lowest BCUT2D eigenvalue weighted by Crippen LogP contribution is -2.12. The zero-order valence-electron chi connectivity index (χ0n) is 15.8. The molecule has 29 heavy (non-hydrogen) atoms. The molecule has 0 fully saturated rings. The van der Waals surface area contributed by atoms with Gasteiger partial charge in [0.25, 0.3) is 0 Å². The van der Waals surface area contributed by atoms with Crippen LogP contribution in [-0.2, 0) is 23.2 Å². The van der Waals surface area contributed by atoms with E-state index in [0.29, 0.717) is 24.7 Å². The first kappa shape index (κ1) is 21.2. The largest absolute Gasteiger partial charge is 0.493 e. The van der Waals surface area contributed by atoms with E-state index in [1.807, 2.05) is 42.5 Å². The standard InChI is InChI=1S/C21H21BrN2O4S/c1-27-20-11-16(13-24-17-7-9-18(10-8-17)29(23,25)26)19(22)12-21(20)28-14-15-5-3-2-4-6-15/h2-12,24H,13-14H2,1H3,(H2,23,25,26). The minimum absolute atomic E-state index is 0.0748. The summed E-state index contributed by atoms with van der Waals surface area (Å²) in [4.78, 5) is 0.0748. The van der Waals surface area contributed by atoms with Crippen molar-refractivity contribution >= 4 is 31.6 Å². The van der Waals surface area contributed by atoms with Gasteiger partial charge in [0.1, 0.15) is 6.61 Å². The summed E-state index contributed by atoms with van der Waals surface area (Å²) in [5.41, 5.74) is 2.80. The Bertz CT molecular complexity index is 1070. The molecule has 0 aliphatic rings. The Morgan fingerprint density at radius 3 is 2.31 bits per heavy atom. The number of hydrogen-bond donors (Lipinski definition) is 2. The van der Waals surface area contributed by atoms with E-state index in [-0.39, 0.29) is 4.90 Å². The van der Waals surface area contributed by atoms with E-state index in [4.69, 9.17) is 14.6 Å². The number of sulfonamides is 1. The highest BCUT2D eigenvalue weighted by molar-refractivity contribution is 9.10. The summed E-state index contributed by atoms with van der Waals surface area (Å²) in [5.74, 6) is 1.27. The second-order valence-corrected chi connectivity index (χ2v) is 8.71. The van der Waals surface area contributed by atoms with Crippen molar-refractivity contribution in [3.8, 4) is 11.5 Å². The Hall–Kier alpha value is -2.55. The smallest absolute Gasteiger partial charge is 0.238 e. The molecule has 8 heteroatoms. The Balaban J connectivity index is 1.70. The molecule has 0 aromatic heterocycles. The van der Waals surface area contributed by atoms with Crippen LogP contribution >= 0.6 is 15.9 Å². The van der Waals surface area contributed by atoms with Gasteiger partial charge in [0.15, 0.2) is 11.5 Å². The summed E-state index contributed by atoms with van der Waals surface area (Å²) >= 11 is 3.58. The van der Waals surface area contributed by atoms with Gasteiger partial charge in [0, 0.05) is 16.7 Å². The lowest BCUT2D eigenvalue weighted by atomic mass is 10.2. The van der Waals surface area contributed by atoms with Crippen LogP contribution in [0.15, 0.2) is 76.1 Å². The molecule has 0 radical (unpaired) electrons. The fourth-order valence-corrected chi connectivity index (χ4v) is 3.66. The van der Waals surface area contributed by atoms with Crippen LogP contribution in [0.5, 0.6) is 11.5 Å². The summed E-state index contributed by atoms with van der Waals surface area (Å²) in [6.07, 6.45) is 0. The molecule has 0 aliphatic carbocycles. The number of anilines is 1. The number of benzene rings is 3. The van der Waals surface area contributed by atoms with Gasteiger partial charge in [-0.15, -0.1) is 0 Å². The normalized spacial score (nSPS) is 11.1. The van der Waals surface area contributed by atoms with E-state index in [0.717, 1.165) is 21.3 Å². The molecule has 3 N–H and O–H groups in total. The summed E-state index contributed by atoms with van der Waals surface area (Å²) < 4.78 is 34.9. The van der Waals surface area contributed by atoms with Crippen LogP contribution in [0.4, 0.5) is 5.69 Å². The molecule has 0 bridgehead atoms. The lowest BCUT2D eigenvalue weighted by molar-refractivity contribution is 0.284. The fraction of sp³-hybridized carbons (Fsp3) is 0.143. The fourth-order valence-electron chi connectivity index (χ4n) is 2.68. The SMILES string of the molecule is COc1cc(CNc2ccc(S(N)(=O)=O)cc2)c(Br)cc1OCc1ccccc1. The van der Waals surface area contributed by atoms with Crippen LogP contribution in [-0.4, -0.2) is 15.5 Å². The molecule has 3 rings (SSSR count).